The van der Waals surface area contributed by atoms with E-state index in [9.17, 15) is 0 Å². The Hall–Kier alpha value is -1.83. The van der Waals surface area contributed by atoms with Gasteiger partial charge in [0.1, 0.15) is 0 Å². The third-order valence-electron chi connectivity index (χ3n) is 3.20. The Kier molecular flexibility index (Phi) is 2.13. The maximum Gasteiger partial charge on any atom is 0.0379 e. The summed E-state index contributed by atoms with van der Waals surface area (Å²) < 4.78 is 0. The van der Waals surface area contributed by atoms with Crippen LogP contribution >= 0.6 is 0 Å². The number of nitrogens with one attached hydrogen (secondary N) is 1. The van der Waals surface area contributed by atoms with Crippen LogP contribution in [0.2, 0.25) is 0 Å². The number of nitrogens with zero attached hydrogens (tertiary/aromatic N) is 1. The third kappa shape index (κ3) is 1.38. The van der Waals surface area contributed by atoms with Gasteiger partial charge in [0.05, 0.1) is 0 Å². The van der Waals surface area contributed by atoms with Gasteiger partial charge in [-0.25, -0.2) is 0 Å². The number of hydrogen-bond acceptors (Lipinski definition) is 2. The summed E-state index contributed by atoms with van der Waals surface area (Å²) in [5.74, 6) is 0. The Morgan fingerprint density at radius 3 is 3.00 bits per heavy atom. The molecule has 2 aromatic rings. The molecule has 0 fully saturated rings. The highest BCUT2D eigenvalue weighted by molar-refractivity contribution is 5.77. The molecule has 0 saturated heterocycles. The number of benzene rings is 1. The minimum Gasteiger partial charge on any atom is -0.384 e. The predicted octanol–water partition coefficient (Wildman–Crippen LogP) is 3.03. The zero-order valence-corrected chi connectivity index (χ0v) is 9.33. The standard InChI is InChI=1S/C14H14N2/c1-10-5-7-15-9-13(10)11-3-2-4-14-12(11)6-8-16-14/h2-5,7,9,16H,6,8H2,1H3. The molecule has 1 aliphatic rings. The summed E-state index contributed by atoms with van der Waals surface area (Å²) in [4.78, 5) is 4.23. The van der Waals surface area contributed by atoms with Crippen molar-refractivity contribution in [3.63, 3.8) is 0 Å². The smallest absolute Gasteiger partial charge is 0.0379 e. The molecule has 0 saturated carbocycles. The highest BCUT2D eigenvalue weighted by Crippen LogP contribution is 2.33. The molecule has 1 N–H and O–H groups in total. The van der Waals surface area contributed by atoms with Gasteiger partial charge < -0.3 is 5.32 Å². The van der Waals surface area contributed by atoms with Gasteiger partial charge in [-0.15, -0.1) is 0 Å². The van der Waals surface area contributed by atoms with E-state index in [-0.39, 0.29) is 0 Å². The molecule has 0 aliphatic carbocycles. The van der Waals surface area contributed by atoms with Gasteiger partial charge >= 0.3 is 0 Å². The molecule has 80 valence electrons. The summed E-state index contributed by atoms with van der Waals surface area (Å²) in [6.07, 6.45) is 4.92. The van der Waals surface area contributed by atoms with Crippen LogP contribution in [0.15, 0.2) is 36.7 Å². The van der Waals surface area contributed by atoms with Gasteiger partial charge in [0, 0.05) is 30.2 Å². The first-order chi connectivity index (χ1) is 7.86. The van der Waals surface area contributed by atoms with E-state index in [0.717, 1.165) is 13.0 Å². The van der Waals surface area contributed by atoms with E-state index in [1.165, 1.54) is 27.9 Å². The van der Waals surface area contributed by atoms with Crippen LogP contribution in [0.5, 0.6) is 0 Å². The second-order valence-electron chi connectivity index (χ2n) is 4.20. The van der Waals surface area contributed by atoms with Gasteiger partial charge in [-0.3, -0.25) is 4.98 Å². The molecule has 16 heavy (non-hydrogen) atoms. The first-order valence-corrected chi connectivity index (χ1v) is 5.63. The fraction of sp³-hybridized carbons (Fsp3) is 0.214. The molecule has 0 atom stereocenters. The summed E-state index contributed by atoms with van der Waals surface area (Å²) in [5, 5.41) is 3.41. The summed E-state index contributed by atoms with van der Waals surface area (Å²) in [6.45, 7) is 3.18. The molecule has 0 spiro atoms. The summed E-state index contributed by atoms with van der Waals surface area (Å²) in [6, 6.07) is 8.52. The number of hydrogen-bond donors (Lipinski definition) is 1. The normalized spacial score (nSPS) is 13.3. The van der Waals surface area contributed by atoms with Gasteiger partial charge in [-0.2, -0.15) is 0 Å². The number of aromatic nitrogens is 1. The lowest BCUT2D eigenvalue weighted by Gasteiger charge is -2.09. The highest BCUT2D eigenvalue weighted by Gasteiger charge is 2.15. The predicted molar refractivity (Wildman–Crippen MR) is 66.6 cm³/mol. The summed E-state index contributed by atoms with van der Waals surface area (Å²) >= 11 is 0. The Bertz CT molecular complexity index is 532. The van der Waals surface area contributed by atoms with Crippen molar-refractivity contribution in [2.45, 2.75) is 13.3 Å². The van der Waals surface area contributed by atoms with Crippen molar-refractivity contribution in [2.24, 2.45) is 0 Å². The first-order valence-electron chi connectivity index (χ1n) is 5.63. The average Bonchev–Trinajstić information content (AvgIpc) is 2.77. The van der Waals surface area contributed by atoms with E-state index in [4.69, 9.17) is 0 Å². The minimum atomic E-state index is 1.05. The minimum absolute atomic E-state index is 1.05. The Balaban J connectivity index is 2.21. The molecule has 1 aromatic carbocycles. The van der Waals surface area contributed by atoms with E-state index >= 15 is 0 Å². The van der Waals surface area contributed by atoms with Crippen molar-refractivity contribution in [3.8, 4) is 11.1 Å². The molecular weight excluding hydrogens is 196 g/mol. The number of aryl methyl sites for hydroxylation is 1. The van der Waals surface area contributed by atoms with Crippen molar-refractivity contribution in [1.29, 1.82) is 0 Å². The number of anilines is 1. The van der Waals surface area contributed by atoms with Crippen molar-refractivity contribution >= 4 is 5.69 Å². The molecule has 2 heteroatoms. The van der Waals surface area contributed by atoms with Crippen LogP contribution in [0.4, 0.5) is 5.69 Å². The fourth-order valence-corrected chi connectivity index (χ4v) is 2.34. The Morgan fingerprint density at radius 2 is 2.12 bits per heavy atom. The molecule has 0 unspecified atom stereocenters. The highest BCUT2D eigenvalue weighted by atomic mass is 14.9. The lowest BCUT2D eigenvalue weighted by Crippen LogP contribution is -1.90. The lowest BCUT2D eigenvalue weighted by molar-refractivity contribution is 1.11. The molecule has 1 aliphatic heterocycles. The molecular formula is C14H14N2. The van der Waals surface area contributed by atoms with Crippen LogP contribution in [-0.4, -0.2) is 11.5 Å². The van der Waals surface area contributed by atoms with Crippen LogP contribution < -0.4 is 5.32 Å². The lowest BCUT2D eigenvalue weighted by atomic mass is 9.96. The molecule has 2 nitrogen and oxygen atoms in total. The molecule has 1 aromatic heterocycles. The molecule has 0 amide bonds. The van der Waals surface area contributed by atoms with Crippen molar-refractivity contribution < 1.29 is 0 Å². The molecule has 3 rings (SSSR count). The van der Waals surface area contributed by atoms with E-state index in [2.05, 4.69) is 41.5 Å². The quantitative estimate of drug-likeness (QED) is 0.782. The van der Waals surface area contributed by atoms with Gasteiger partial charge in [0.15, 0.2) is 0 Å². The van der Waals surface area contributed by atoms with Gasteiger partial charge in [-0.1, -0.05) is 12.1 Å². The van der Waals surface area contributed by atoms with Crippen molar-refractivity contribution in [1.82, 2.24) is 4.98 Å². The zero-order valence-electron chi connectivity index (χ0n) is 9.33. The molecule has 0 radical (unpaired) electrons. The second kappa shape index (κ2) is 3.63. The van der Waals surface area contributed by atoms with Gasteiger partial charge in [-0.05, 0) is 42.2 Å². The number of fused-ring (bicyclic) bond motifs is 1. The van der Waals surface area contributed by atoms with Gasteiger partial charge in [0.25, 0.3) is 0 Å². The monoisotopic (exact) mass is 210 g/mol. The molecule has 0 bridgehead atoms. The largest absolute Gasteiger partial charge is 0.384 e. The Labute approximate surface area is 95.3 Å². The number of rotatable bonds is 1. The van der Waals surface area contributed by atoms with Crippen molar-refractivity contribution in [2.75, 3.05) is 11.9 Å². The maximum atomic E-state index is 4.23. The SMILES string of the molecule is Cc1ccncc1-c1cccc2c1CCN2. The maximum absolute atomic E-state index is 4.23. The Morgan fingerprint density at radius 1 is 1.19 bits per heavy atom. The zero-order chi connectivity index (χ0) is 11.0. The van der Waals surface area contributed by atoms with E-state index in [1.54, 1.807) is 0 Å². The van der Waals surface area contributed by atoms with E-state index < -0.39 is 0 Å². The second-order valence-corrected chi connectivity index (χ2v) is 4.20. The van der Waals surface area contributed by atoms with E-state index in [0.29, 0.717) is 0 Å². The van der Waals surface area contributed by atoms with Crippen LogP contribution in [0.1, 0.15) is 11.1 Å². The number of pyridine rings is 1. The first kappa shape index (κ1) is 9.40. The van der Waals surface area contributed by atoms with Crippen LogP contribution in [0.3, 0.4) is 0 Å². The molecule has 2 heterocycles. The van der Waals surface area contributed by atoms with Crippen LogP contribution in [0.25, 0.3) is 11.1 Å². The topological polar surface area (TPSA) is 24.9 Å². The third-order valence-corrected chi connectivity index (χ3v) is 3.20. The van der Waals surface area contributed by atoms with Crippen LogP contribution in [0, 0.1) is 6.92 Å². The summed E-state index contributed by atoms with van der Waals surface area (Å²) in [7, 11) is 0. The van der Waals surface area contributed by atoms with Gasteiger partial charge in [0.2, 0.25) is 0 Å². The van der Waals surface area contributed by atoms with E-state index in [1.807, 2.05) is 12.4 Å². The van der Waals surface area contributed by atoms with Crippen LogP contribution in [-0.2, 0) is 6.42 Å². The fourth-order valence-electron chi connectivity index (χ4n) is 2.34. The summed E-state index contributed by atoms with van der Waals surface area (Å²) in [5.41, 5.74) is 6.57. The average molecular weight is 210 g/mol. The van der Waals surface area contributed by atoms with Crippen molar-refractivity contribution in [3.05, 3.63) is 47.8 Å².